The van der Waals surface area contributed by atoms with E-state index in [0.717, 1.165) is 31.3 Å². The number of hydrogen-bond acceptors (Lipinski definition) is 4. The highest BCUT2D eigenvalue weighted by atomic mass is 16.4. The van der Waals surface area contributed by atoms with E-state index in [1.54, 1.807) is 19.9 Å². The molecular formula is C30H50O5. The predicted octanol–water partition coefficient (Wildman–Crippen LogP) is 5.73. The van der Waals surface area contributed by atoms with E-state index in [0.29, 0.717) is 19.3 Å². The molecule has 3 rings (SSSR count). The zero-order valence-corrected chi connectivity index (χ0v) is 23.1. The first-order valence-electron chi connectivity index (χ1n) is 13.6. The zero-order valence-electron chi connectivity index (χ0n) is 23.1. The molecular weight excluding hydrogens is 440 g/mol. The summed E-state index contributed by atoms with van der Waals surface area (Å²) < 4.78 is 0. The normalized spacial score (nSPS) is 43.4. The van der Waals surface area contributed by atoms with Gasteiger partial charge in [-0.3, -0.25) is 4.79 Å². The minimum absolute atomic E-state index is 0.0145. The summed E-state index contributed by atoms with van der Waals surface area (Å²) >= 11 is 0. The van der Waals surface area contributed by atoms with E-state index >= 15 is 0 Å². The van der Waals surface area contributed by atoms with Crippen molar-refractivity contribution in [2.75, 3.05) is 0 Å². The van der Waals surface area contributed by atoms with Crippen LogP contribution in [0.15, 0.2) is 24.3 Å². The van der Waals surface area contributed by atoms with E-state index in [1.807, 2.05) is 13.0 Å². The molecule has 4 N–H and O–H groups in total. The lowest BCUT2D eigenvalue weighted by Gasteiger charge is -2.67. The van der Waals surface area contributed by atoms with Gasteiger partial charge in [0.2, 0.25) is 0 Å². The maximum Gasteiger partial charge on any atom is 0.303 e. The molecule has 35 heavy (non-hydrogen) atoms. The predicted molar refractivity (Wildman–Crippen MR) is 140 cm³/mol. The molecule has 200 valence electrons. The Kier molecular flexibility index (Phi) is 7.54. The minimum atomic E-state index is -0.976. The first kappa shape index (κ1) is 28.4. The summed E-state index contributed by atoms with van der Waals surface area (Å²) in [5.41, 5.74) is -1.21. The van der Waals surface area contributed by atoms with Crippen molar-refractivity contribution in [1.29, 1.82) is 0 Å². The fourth-order valence-electron chi connectivity index (χ4n) is 9.09. The summed E-state index contributed by atoms with van der Waals surface area (Å²) in [4.78, 5) is 11.6. The van der Waals surface area contributed by atoms with Crippen LogP contribution < -0.4 is 0 Å². The Morgan fingerprint density at radius 3 is 2.23 bits per heavy atom. The van der Waals surface area contributed by atoms with Gasteiger partial charge < -0.3 is 20.4 Å². The molecule has 0 aromatic heterocycles. The Labute approximate surface area is 212 Å². The van der Waals surface area contributed by atoms with Gasteiger partial charge in [0.05, 0.1) is 17.3 Å². The van der Waals surface area contributed by atoms with Gasteiger partial charge in [-0.1, -0.05) is 45.1 Å². The van der Waals surface area contributed by atoms with Crippen LogP contribution in [-0.4, -0.2) is 43.7 Å². The summed E-state index contributed by atoms with van der Waals surface area (Å²) in [7, 11) is 0. The van der Waals surface area contributed by atoms with Crippen molar-refractivity contribution < 1.29 is 25.2 Å². The molecule has 5 nitrogen and oxygen atoms in total. The number of hydrogen-bond donors (Lipinski definition) is 4. The van der Waals surface area contributed by atoms with E-state index in [1.165, 1.54) is 0 Å². The van der Waals surface area contributed by atoms with Crippen LogP contribution in [0.4, 0.5) is 0 Å². The van der Waals surface area contributed by atoms with Gasteiger partial charge in [0.1, 0.15) is 0 Å². The Morgan fingerprint density at radius 2 is 1.69 bits per heavy atom. The average Bonchev–Trinajstić information content (AvgIpc) is 3.08. The molecule has 0 aromatic rings. The fourth-order valence-corrected chi connectivity index (χ4v) is 9.09. The summed E-state index contributed by atoms with van der Waals surface area (Å²) in [5.74, 6) is -0.370. The lowest BCUT2D eigenvalue weighted by molar-refractivity contribution is -0.213. The van der Waals surface area contributed by atoms with Gasteiger partial charge >= 0.3 is 5.97 Å². The highest BCUT2D eigenvalue weighted by Crippen LogP contribution is 2.74. The molecule has 0 aliphatic heterocycles. The van der Waals surface area contributed by atoms with Crippen molar-refractivity contribution in [2.24, 2.45) is 39.9 Å². The number of carboxylic acids is 1. The SMILES string of the molecule is C=C(C)[C@@H]1CC[C@]2(C)[C@H](C[C@@H](O)[C@H]3[C@@H]([C@@](C)(O)C/C=C/C(C)(C)O)CC[C@]32C)[C@@]1(C)CCC(=O)O. The van der Waals surface area contributed by atoms with E-state index in [4.69, 9.17) is 0 Å². The van der Waals surface area contributed by atoms with Crippen molar-refractivity contribution in [2.45, 2.75) is 117 Å². The standard InChI is InChI=1S/C30H50O5/c1-19(2)20-10-16-28(6)23(27(20,5)15-12-24(32)33)18-22(31)25-21(11-17-29(25,28)7)30(8,35)14-9-13-26(3,4)34/h9,13,20-23,25,31,34-35H,1,10-12,14-18H2,2-8H3,(H,32,33)/b13-9+/t20-,21-,22+,23+,25+,27-,28+,29+,30-/m0/s1. The molecule has 0 bridgehead atoms. The molecule has 5 heteroatoms. The maximum absolute atomic E-state index is 11.7. The summed E-state index contributed by atoms with van der Waals surface area (Å²) in [6.07, 6.45) is 8.71. The summed E-state index contributed by atoms with van der Waals surface area (Å²) in [5, 5.41) is 42.9. The second-order valence-electron chi connectivity index (χ2n) is 13.8. The fraction of sp³-hybridized carbons (Fsp3) is 0.833. The first-order chi connectivity index (χ1) is 15.9. The van der Waals surface area contributed by atoms with Crippen LogP contribution in [0.2, 0.25) is 0 Å². The highest BCUT2D eigenvalue weighted by Gasteiger charge is 2.69. The van der Waals surface area contributed by atoms with Crippen LogP contribution in [0.3, 0.4) is 0 Å². The average molecular weight is 491 g/mol. The van der Waals surface area contributed by atoms with Crippen molar-refractivity contribution >= 4 is 5.97 Å². The quantitative estimate of drug-likeness (QED) is 0.326. The number of aliphatic hydroxyl groups excluding tert-OH is 1. The molecule has 0 heterocycles. The van der Waals surface area contributed by atoms with Crippen molar-refractivity contribution in [3.63, 3.8) is 0 Å². The monoisotopic (exact) mass is 490 g/mol. The minimum Gasteiger partial charge on any atom is -0.481 e. The van der Waals surface area contributed by atoms with Crippen LogP contribution in [0.1, 0.15) is 99.8 Å². The number of allylic oxidation sites excluding steroid dienone is 1. The number of aliphatic carboxylic acids is 1. The third kappa shape index (κ3) is 4.90. The third-order valence-electron chi connectivity index (χ3n) is 11.0. The number of aliphatic hydroxyl groups is 3. The van der Waals surface area contributed by atoms with Crippen molar-refractivity contribution in [3.8, 4) is 0 Å². The molecule has 0 unspecified atom stereocenters. The lowest BCUT2D eigenvalue weighted by atomic mass is 9.37. The number of carbonyl (C=O) groups is 1. The van der Waals surface area contributed by atoms with Crippen LogP contribution in [0, 0.1) is 39.9 Å². The second-order valence-corrected chi connectivity index (χ2v) is 13.8. The molecule has 0 amide bonds. The largest absolute Gasteiger partial charge is 0.481 e. The number of carboxylic acid groups (broad SMARTS) is 1. The highest BCUT2D eigenvalue weighted by molar-refractivity contribution is 5.66. The van der Waals surface area contributed by atoms with Crippen LogP contribution in [-0.2, 0) is 4.79 Å². The molecule has 0 aromatic carbocycles. The summed E-state index contributed by atoms with van der Waals surface area (Å²) in [6, 6.07) is 0. The van der Waals surface area contributed by atoms with E-state index in [-0.39, 0.29) is 46.3 Å². The summed E-state index contributed by atoms with van der Waals surface area (Å²) in [6.45, 7) is 18.6. The molecule has 0 spiro atoms. The Hall–Kier alpha value is -1.17. The molecule has 9 atom stereocenters. The van der Waals surface area contributed by atoms with Gasteiger partial charge in [0.15, 0.2) is 0 Å². The molecule has 3 aliphatic rings. The Morgan fingerprint density at radius 1 is 1.09 bits per heavy atom. The van der Waals surface area contributed by atoms with E-state index in [2.05, 4.69) is 34.3 Å². The topological polar surface area (TPSA) is 98.0 Å². The maximum atomic E-state index is 11.7. The van der Waals surface area contributed by atoms with Crippen LogP contribution in [0.25, 0.3) is 0 Å². The smallest absolute Gasteiger partial charge is 0.303 e. The van der Waals surface area contributed by atoms with Crippen LogP contribution >= 0.6 is 0 Å². The van der Waals surface area contributed by atoms with Crippen molar-refractivity contribution in [1.82, 2.24) is 0 Å². The zero-order chi connectivity index (χ0) is 26.6. The van der Waals surface area contributed by atoms with Gasteiger partial charge in [-0.2, -0.15) is 0 Å². The van der Waals surface area contributed by atoms with E-state index in [9.17, 15) is 25.2 Å². The Bertz CT molecular complexity index is 853. The second kappa shape index (κ2) is 9.29. The number of rotatable bonds is 8. The first-order valence-corrected chi connectivity index (χ1v) is 13.6. The third-order valence-corrected chi connectivity index (χ3v) is 11.0. The molecule has 3 saturated carbocycles. The molecule has 3 fully saturated rings. The van der Waals surface area contributed by atoms with Gasteiger partial charge in [-0.05, 0) is 113 Å². The van der Waals surface area contributed by atoms with Crippen molar-refractivity contribution in [3.05, 3.63) is 24.3 Å². The van der Waals surface area contributed by atoms with Gasteiger partial charge in [0.25, 0.3) is 0 Å². The Balaban J connectivity index is 1.97. The molecule has 0 saturated heterocycles. The lowest BCUT2D eigenvalue weighted by Crippen LogP contribution is -2.63. The van der Waals surface area contributed by atoms with Gasteiger partial charge in [-0.25, -0.2) is 0 Å². The van der Waals surface area contributed by atoms with E-state index < -0.39 is 23.3 Å². The van der Waals surface area contributed by atoms with Crippen LogP contribution in [0.5, 0.6) is 0 Å². The van der Waals surface area contributed by atoms with Gasteiger partial charge in [-0.15, -0.1) is 0 Å². The van der Waals surface area contributed by atoms with Gasteiger partial charge in [0, 0.05) is 6.42 Å². The number of fused-ring (bicyclic) bond motifs is 3. The molecule has 3 aliphatic carbocycles. The molecule has 0 radical (unpaired) electrons.